The number of amides is 1. The van der Waals surface area contributed by atoms with Crippen molar-refractivity contribution in [1.82, 2.24) is 0 Å². The number of halogens is 3. The van der Waals surface area contributed by atoms with Crippen LogP contribution in [0.3, 0.4) is 0 Å². The molecular weight excluding hydrogens is 377 g/mol. The number of quaternary nitrogens is 1. The molecule has 0 aromatic heterocycles. The molecule has 0 heterocycles. The van der Waals surface area contributed by atoms with Gasteiger partial charge in [-0.3, -0.25) is 9.59 Å². The highest BCUT2D eigenvalue weighted by atomic mass is 19.4. The second-order valence-corrected chi connectivity index (χ2v) is 6.11. The van der Waals surface area contributed by atoms with Crippen LogP contribution in [-0.2, 0) is 27.2 Å². The van der Waals surface area contributed by atoms with Gasteiger partial charge in [-0.2, -0.15) is 13.2 Å². The molecule has 0 fully saturated rings. The van der Waals surface area contributed by atoms with Gasteiger partial charge in [-0.05, 0) is 23.3 Å². The molecule has 1 amide bonds. The lowest BCUT2D eigenvalue weighted by molar-refractivity contribution is -0.408. The Labute approximate surface area is 158 Å². The molecule has 1 aliphatic carbocycles. The van der Waals surface area contributed by atoms with E-state index in [2.05, 4.69) is 11.1 Å². The average molecular weight is 394 g/mol. The molecule has 0 saturated heterocycles. The summed E-state index contributed by atoms with van der Waals surface area (Å²) in [4.78, 5) is 32.5. The van der Waals surface area contributed by atoms with Crippen LogP contribution in [0.25, 0.3) is 0 Å². The molecule has 0 bridgehead atoms. The summed E-state index contributed by atoms with van der Waals surface area (Å²) >= 11 is 0. The molecule has 4 N–H and O–H groups in total. The molecule has 3 rings (SSSR count). The van der Waals surface area contributed by atoms with Crippen LogP contribution in [0.2, 0.25) is 0 Å². The van der Waals surface area contributed by atoms with Gasteiger partial charge in [0.25, 0.3) is 5.91 Å². The molecule has 0 saturated carbocycles. The number of rotatable bonds is 3. The van der Waals surface area contributed by atoms with E-state index >= 15 is 0 Å². The third kappa shape index (κ3) is 5.65. The van der Waals surface area contributed by atoms with Gasteiger partial charge in [0, 0.05) is 24.1 Å². The molecule has 0 aliphatic heterocycles. The smallest absolute Gasteiger partial charge is 0.430 e. The Bertz CT molecular complexity index is 882. The van der Waals surface area contributed by atoms with Gasteiger partial charge in [0.05, 0.1) is 0 Å². The Balaban J connectivity index is 0.000000345. The first-order chi connectivity index (χ1) is 13.1. The van der Waals surface area contributed by atoms with Gasteiger partial charge >= 0.3 is 6.18 Å². The summed E-state index contributed by atoms with van der Waals surface area (Å²) in [5.74, 6) is -2.93. The van der Waals surface area contributed by atoms with Crippen LogP contribution >= 0.6 is 0 Å². The Morgan fingerprint density at radius 2 is 1.61 bits per heavy atom. The largest absolute Gasteiger partial charge is 0.542 e. The summed E-state index contributed by atoms with van der Waals surface area (Å²) in [5.41, 5.74) is 7.60. The molecule has 2 aromatic carbocycles. The fourth-order valence-corrected chi connectivity index (χ4v) is 2.59. The maximum absolute atomic E-state index is 12.2. The van der Waals surface area contributed by atoms with Crippen LogP contribution in [0.15, 0.2) is 48.5 Å². The fraction of sp³-hybridized carbons (Fsp3) is 0.211. The first-order valence-corrected chi connectivity index (χ1v) is 8.18. The second kappa shape index (κ2) is 8.66. The summed E-state index contributed by atoms with van der Waals surface area (Å²) in [5, 5.41) is 11.7. The zero-order chi connectivity index (χ0) is 20.9. The number of fused-ring (bicyclic) bond motifs is 1. The van der Waals surface area contributed by atoms with Gasteiger partial charge in [0.2, 0.25) is 0 Å². The minimum Gasteiger partial charge on any atom is -0.542 e. The molecule has 0 radical (unpaired) electrons. The summed E-state index contributed by atoms with van der Waals surface area (Å²) in [6, 6.07) is 14.6. The van der Waals surface area contributed by atoms with Crippen molar-refractivity contribution in [1.29, 1.82) is 0 Å². The molecule has 1 aliphatic rings. The number of hydrogen-bond acceptors (Lipinski definition) is 4. The maximum Gasteiger partial charge on any atom is 0.430 e. The van der Waals surface area contributed by atoms with Gasteiger partial charge in [0.15, 0.2) is 6.04 Å². The number of ketones is 1. The quantitative estimate of drug-likeness (QED) is 0.792. The first kappa shape index (κ1) is 21.1. The van der Waals surface area contributed by atoms with E-state index in [0.29, 0.717) is 12.8 Å². The number of carboxylic acids is 1. The maximum atomic E-state index is 12.2. The number of Topliss-reactive ketones (excluding diaryl/α,β-unsaturated/α-hetero) is 1. The number of anilines is 1. The van der Waals surface area contributed by atoms with Crippen molar-refractivity contribution in [2.24, 2.45) is 0 Å². The SMILES string of the molecule is O=C([O-])C(F)(F)F.[NH3+][C@@H](C(=O)Nc1ccc2c(c1)CC(=O)C2)c1ccccc1. The molecule has 1 atom stereocenters. The standard InChI is InChI=1S/C17H16N2O2.C2HF3O2/c18-16(11-4-2-1-3-5-11)17(21)19-14-7-6-12-9-15(20)10-13(12)8-14;3-2(4,5)1(6)7/h1-8,16H,9-10,18H2,(H,19,21);(H,6,7)/t16-;/m1./s1. The topological polar surface area (TPSA) is 114 Å². The van der Waals surface area contributed by atoms with E-state index in [-0.39, 0.29) is 11.7 Å². The molecule has 28 heavy (non-hydrogen) atoms. The fourth-order valence-electron chi connectivity index (χ4n) is 2.59. The van der Waals surface area contributed by atoms with Crippen LogP contribution in [0.1, 0.15) is 22.7 Å². The summed E-state index contributed by atoms with van der Waals surface area (Å²) in [6.45, 7) is 0. The van der Waals surface area contributed by atoms with E-state index in [1.54, 1.807) is 0 Å². The first-order valence-electron chi connectivity index (χ1n) is 8.18. The van der Waals surface area contributed by atoms with E-state index in [1.165, 1.54) is 0 Å². The van der Waals surface area contributed by atoms with Crippen molar-refractivity contribution in [3.05, 3.63) is 65.2 Å². The number of hydrogen-bond donors (Lipinski definition) is 2. The number of alkyl halides is 3. The molecule has 0 unspecified atom stereocenters. The zero-order valence-corrected chi connectivity index (χ0v) is 14.6. The third-order valence-corrected chi connectivity index (χ3v) is 4.00. The lowest BCUT2D eigenvalue weighted by Crippen LogP contribution is -2.58. The van der Waals surface area contributed by atoms with Gasteiger partial charge in [-0.1, -0.05) is 36.4 Å². The Hall–Kier alpha value is -3.20. The molecule has 2 aromatic rings. The average Bonchev–Trinajstić information content (AvgIpc) is 3.00. The Kier molecular flexibility index (Phi) is 6.53. The normalized spacial score (nSPS) is 13.8. The van der Waals surface area contributed by atoms with E-state index in [0.717, 1.165) is 22.4 Å². The summed E-state index contributed by atoms with van der Waals surface area (Å²) in [7, 11) is 0. The van der Waals surface area contributed by atoms with Gasteiger partial charge in [-0.25, -0.2) is 0 Å². The van der Waals surface area contributed by atoms with Crippen LogP contribution < -0.4 is 16.2 Å². The van der Waals surface area contributed by atoms with Crippen molar-refractivity contribution in [2.45, 2.75) is 25.1 Å². The van der Waals surface area contributed by atoms with E-state index in [1.807, 2.05) is 48.5 Å². The highest BCUT2D eigenvalue weighted by Gasteiger charge is 2.28. The molecule has 9 heteroatoms. The van der Waals surface area contributed by atoms with E-state index in [4.69, 9.17) is 9.90 Å². The highest BCUT2D eigenvalue weighted by Crippen LogP contribution is 2.23. The second-order valence-electron chi connectivity index (χ2n) is 6.11. The Morgan fingerprint density at radius 1 is 1.04 bits per heavy atom. The predicted molar refractivity (Wildman–Crippen MR) is 90.6 cm³/mol. The van der Waals surface area contributed by atoms with Gasteiger partial charge < -0.3 is 21.0 Å². The van der Waals surface area contributed by atoms with Gasteiger partial charge in [0.1, 0.15) is 11.8 Å². The number of carbonyl (C=O) groups is 3. The van der Waals surface area contributed by atoms with Crippen LogP contribution in [0, 0.1) is 0 Å². The van der Waals surface area contributed by atoms with Crippen molar-refractivity contribution < 1.29 is 38.4 Å². The number of carboxylic acid groups (broad SMARTS) is 1. The third-order valence-electron chi connectivity index (χ3n) is 4.00. The van der Waals surface area contributed by atoms with Crippen molar-refractivity contribution in [3.63, 3.8) is 0 Å². The van der Waals surface area contributed by atoms with Crippen LogP contribution in [-0.4, -0.2) is 23.8 Å². The lowest BCUT2D eigenvalue weighted by Gasteiger charge is -2.11. The lowest BCUT2D eigenvalue weighted by atomic mass is 10.1. The van der Waals surface area contributed by atoms with Crippen LogP contribution in [0.5, 0.6) is 0 Å². The monoisotopic (exact) mass is 394 g/mol. The van der Waals surface area contributed by atoms with Gasteiger partial charge in [-0.15, -0.1) is 0 Å². The zero-order valence-electron chi connectivity index (χ0n) is 14.6. The van der Waals surface area contributed by atoms with Crippen molar-refractivity contribution in [3.8, 4) is 0 Å². The molecular formula is C19H17F3N2O4. The minimum atomic E-state index is -5.19. The van der Waals surface area contributed by atoms with E-state index < -0.39 is 18.2 Å². The molecule has 0 spiro atoms. The molecule has 148 valence electrons. The Morgan fingerprint density at radius 3 is 2.18 bits per heavy atom. The summed E-state index contributed by atoms with van der Waals surface area (Å²) < 4.78 is 31.5. The highest BCUT2D eigenvalue weighted by molar-refractivity contribution is 5.95. The number of carbonyl (C=O) groups excluding carboxylic acids is 3. The number of nitrogens with one attached hydrogen (secondary N) is 1. The molecule has 6 nitrogen and oxygen atoms in total. The van der Waals surface area contributed by atoms with Crippen molar-refractivity contribution in [2.75, 3.05) is 5.32 Å². The number of aliphatic carboxylic acids is 1. The minimum absolute atomic E-state index is 0.148. The van der Waals surface area contributed by atoms with Crippen LogP contribution in [0.4, 0.5) is 18.9 Å². The van der Waals surface area contributed by atoms with Crippen molar-refractivity contribution >= 4 is 23.3 Å². The predicted octanol–water partition coefficient (Wildman–Crippen LogP) is 0.575. The summed E-state index contributed by atoms with van der Waals surface area (Å²) in [6.07, 6.45) is -4.23. The van der Waals surface area contributed by atoms with E-state index in [9.17, 15) is 22.8 Å². The number of benzene rings is 2.